The summed E-state index contributed by atoms with van der Waals surface area (Å²) in [4.78, 5) is 4.22. The van der Waals surface area contributed by atoms with Crippen molar-refractivity contribution in [2.24, 2.45) is 0 Å². The molecule has 6 nitrogen and oxygen atoms in total. The molecule has 3 aromatic rings. The maximum atomic E-state index is 14.2. The molecule has 0 aliphatic heterocycles. The predicted molar refractivity (Wildman–Crippen MR) is 94.1 cm³/mol. The molecule has 0 unspecified atom stereocenters. The van der Waals surface area contributed by atoms with Crippen molar-refractivity contribution in [3.8, 4) is 11.3 Å². The van der Waals surface area contributed by atoms with Gasteiger partial charge in [-0.3, -0.25) is 0 Å². The van der Waals surface area contributed by atoms with E-state index in [0.29, 0.717) is 23.5 Å². The Labute approximate surface area is 154 Å². The van der Waals surface area contributed by atoms with Crippen LogP contribution in [0.4, 0.5) is 4.39 Å². The first-order chi connectivity index (χ1) is 13.1. The van der Waals surface area contributed by atoms with Crippen LogP contribution in [0.25, 0.3) is 11.3 Å². The number of benzene rings is 1. The summed E-state index contributed by atoms with van der Waals surface area (Å²) in [6.07, 6.45) is 2.35. The van der Waals surface area contributed by atoms with Crippen molar-refractivity contribution < 1.29 is 14.0 Å². The van der Waals surface area contributed by atoms with Crippen LogP contribution in [0.1, 0.15) is 41.7 Å². The van der Waals surface area contributed by atoms with Crippen molar-refractivity contribution in [1.82, 2.24) is 20.3 Å². The molecule has 136 valence electrons. The zero-order chi connectivity index (χ0) is 18.6. The normalized spacial score (nSPS) is 23.0. The first-order valence-corrected chi connectivity index (χ1v) is 8.87. The molecule has 1 saturated carbocycles. The molecule has 0 amide bonds. The predicted octanol–water partition coefficient (Wildman–Crippen LogP) is 3.09. The van der Waals surface area contributed by atoms with Crippen molar-refractivity contribution >= 4 is 0 Å². The van der Waals surface area contributed by atoms with E-state index in [4.69, 9.17) is 9.63 Å². The Balaban J connectivity index is 1.57. The van der Waals surface area contributed by atoms with Gasteiger partial charge in [0.15, 0.2) is 5.82 Å². The molecule has 2 heterocycles. The first-order valence-electron chi connectivity index (χ1n) is 8.87. The van der Waals surface area contributed by atoms with Gasteiger partial charge in [-0.15, -0.1) is 0 Å². The fourth-order valence-electron chi connectivity index (χ4n) is 4.50. The number of nitrogens with zero attached hydrogens (tertiary/aromatic N) is 4. The highest BCUT2D eigenvalue weighted by molar-refractivity contribution is 5.64. The monoisotopic (exact) mass is 364 g/mol. The van der Waals surface area contributed by atoms with Gasteiger partial charge in [0.2, 0.25) is 0 Å². The van der Waals surface area contributed by atoms with Crippen molar-refractivity contribution in [3.63, 3.8) is 0 Å². The molecule has 27 heavy (non-hydrogen) atoms. The maximum Gasteiger partial charge on any atom is 0.252 e. The molecule has 0 spiro atoms. The van der Waals surface area contributed by atoms with Crippen LogP contribution in [0.3, 0.4) is 0 Å². The molecule has 2 aromatic heterocycles. The van der Waals surface area contributed by atoms with Gasteiger partial charge in [0, 0.05) is 23.3 Å². The van der Waals surface area contributed by atoms with Gasteiger partial charge in [-0.1, -0.05) is 29.4 Å². The molecular weight excluding hydrogens is 347 g/mol. The second-order valence-corrected chi connectivity index (χ2v) is 7.15. The summed E-state index contributed by atoms with van der Waals surface area (Å²) in [6, 6.07) is 8.51. The second-order valence-electron chi connectivity index (χ2n) is 7.15. The Bertz CT molecular complexity index is 1060. The van der Waals surface area contributed by atoms with Crippen molar-refractivity contribution in [2.45, 2.75) is 37.2 Å². The van der Waals surface area contributed by atoms with Crippen LogP contribution in [0.5, 0.6) is 0 Å². The van der Waals surface area contributed by atoms with Crippen LogP contribution in [-0.4, -0.2) is 25.4 Å². The van der Waals surface area contributed by atoms with Crippen LogP contribution in [0.15, 0.2) is 47.0 Å². The van der Waals surface area contributed by atoms with E-state index >= 15 is 0 Å². The Kier molecular flexibility index (Phi) is 3.48. The number of aromatic nitrogens is 4. The van der Waals surface area contributed by atoms with E-state index in [1.165, 1.54) is 6.07 Å². The smallest absolute Gasteiger partial charge is 0.252 e. The summed E-state index contributed by atoms with van der Waals surface area (Å²) in [5.41, 5.74) is 3.61. The number of aliphatic hydroxyl groups excluding tert-OH is 1. The Morgan fingerprint density at radius 3 is 2.93 bits per heavy atom. The van der Waals surface area contributed by atoms with Crippen LogP contribution in [0, 0.1) is 5.82 Å². The number of allylic oxidation sites excluding steroid dienone is 1. The highest BCUT2D eigenvalue weighted by atomic mass is 19.1. The fraction of sp³-hybridized carbons (Fsp3) is 0.300. The number of rotatable bonds is 4. The number of hydrogen-bond acceptors (Lipinski definition) is 6. The Morgan fingerprint density at radius 2 is 2.15 bits per heavy atom. The summed E-state index contributed by atoms with van der Waals surface area (Å²) in [5, 5.41) is 21.9. The molecule has 0 radical (unpaired) electrons. The molecular formula is C20H17FN4O2. The summed E-state index contributed by atoms with van der Waals surface area (Å²) in [5.74, 6) is 0.589. The zero-order valence-electron chi connectivity index (χ0n) is 14.5. The van der Waals surface area contributed by atoms with Gasteiger partial charge < -0.3 is 9.63 Å². The lowest BCUT2D eigenvalue weighted by atomic mass is 9.78. The van der Waals surface area contributed by atoms with Crippen molar-refractivity contribution in [2.75, 3.05) is 0 Å². The van der Waals surface area contributed by atoms with Gasteiger partial charge in [0.05, 0.1) is 11.4 Å². The number of halogens is 1. The van der Waals surface area contributed by atoms with Crippen molar-refractivity contribution in [3.05, 3.63) is 71.3 Å². The molecule has 2 aliphatic carbocycles. The van der Waals surface area contributed by atoms with Crippen molar-refractivity contribution in [1.29, 1.82) is 0 Å². The molecule has 1 aromatic carbocycles. The van der Waals surface area contributed by atoms with Crippen LogP contribution in [0.2, 0.25) is 0 Å². The maximum absolute atomic E-state index is 14.2. The quantitative estimate of drug-likeness (QED) is 0.716. The van der Waals surface area contributed by atoms with Gasteiger partial charge in [0.25, 0.3) is 5.89 Å². The van der Waals surface area contributed by atoms with Gasteiger partial charge in [-0.2, -0.15) is 15.2 Å². The molecule has 1 fully saturated rings. The number of fused-ring (bicyclic) bond motifs is 5. The lowest BCUT2D eigenvalue weighted by molar-refractivity contribution is 0.222. The topological polar surface area (TPSA) is 84.9 Å². The SMILES string of the molecule is C=C1[C@@H]2CC[C@@]1(Cc1noc(CO)n1)c1nnc(-c3ccccc3F)cc12. The molecule has 0 saturated heterocycles. The lowest BCUT2D eigenvalue weighted by Gasteiger charge is -2.26. The highest BCUT2D eigenvalue weighted by Gasteiger charge is 2.54. The van der Waals surface area contributed by atoms with Gasteiger partial charge in [-0.05, 0) is 36.6 Å². The standard InChI is InChI=1S/C20H17FN4O2/c1-11-12-6-7-20(11,9-17-22-18(10-26)27-25-17)19-14(12)8-16(23-24-19)13-4-2-3-5-15(13)21/h2-5,8,12,26H,1,6-7,9-10H2/t12-,20-/m0/s1. The molecule has 2 aliphatic rings. The Morgan fingerprint density at radius 1 is 1.30 bits per heavy atom. The van der Waals surface area contributed by atoms with Gasteiger partial charge >= 0.3 is 0 Å². The Hall–Kier alpha value is -2.93. The van der Waals surface area contributed by atoms with Gasteiger partial charge in [-0.25, -0.2) is 4.39 Å². The van der Waals surface area contributed by atoms with E-state index in [1.807, 2.05) is 6.07 Å². The summed E-state index contributed by atoms with van der Waals surface area (Å²) >= 11 is 0. The second kappa shape index (κ2) is 5.79. The first kappa shape index (κ1) is 16.3. The average molecular weight is 364 g/mol. The number of aliphatic hydroxyl groups is 1. The molecule has 1 N–H and O–H groups in total. The molecule has 2 atom stereocenters. The molecule has 5 rings (SSSR count). The average Bonchev–Trinajstić information content (AvgIpc) is 3.33. The largest absolute Gasteiger partial charge is 0.387 e. The molecule has 7 heteroatoms. The third kappa shape index (κ3) is 2.28. The van der Waals surface area contributed by atoms with Crippen LogP contribution >= 0.6 is 0 Å². The minimum absolute atomic E-state index is 0.185. The summed E-state index contributed by atoms with van der Waals surface area (Å²) in [7, 11) is 0. The van der Waals surface area contributed by atoms with E-state index in [1.54, 1.807) is 18.2 Å². The van der Waals surface area contributed by atoms with Gasteiger partial charge in [0.1, 0.15) is 12.4 Å². The summed E-state index contributed by atoms with van der Waals surface area (Å²) in [6.45, 7) is 4.05. The minimum Gasteiger partial charge on any atom is -0.387 e. The van der Waals surface area contributed by atoms with Crippen LogP contribution in [-0.2, 0) is 18.4 Å². The van der Waals surface area contributed by atoms with E-state index < -0.39 is 0 Å². The molecule has 2 bridgehead atoms. The zero-order valence-corrected chi connectivity index (χ0v) is 14.5. The number of hydrogen-bond donors (Lipinski definition) is 1. The van der Waals surface area contributed by atoms with Crippen LogP contribution < -0.4 is 0 Å². The third-order valence-corrected chi connectivity index (χ3v) is 5.80. The van der Waals surface area contributed by atoms with E-state index in [0.717, 1.165) is 29.7 Å². The minimum atomic E-state index is -0.378. The van der Waals surface area contributed by atoms with E-state index in [2.05, 4.69) is 26.9 Å². The fourth-order valence-corrected chi connectivity index (χ4v) is 4.50. The highest BCUT2D eigenvalue weighted by Crippen LogP contribution is 2.60. The lowest BCUT2D eigenvalue weighted by Crippen LogP contribution is -2.28. The van der Waals surface area contributed by atoms with E-state index in [9.17, 15) is 4.39 Å². The summed E-state index contributed by atoms with van der Waals surface area (Å²) < 4.78 is 19.2. The third-order valence-electron chi connectivity index (χ3n) is 5.80. The van der Waals surface area contributed by atoms with E-state index in [-0.39, 0.29) is 29.6 Å².